The standard InChI is InChI=1S/C17H24N4O2S/c1-20(2)9-10-21(3)16(22)11-14-12-24-17(19-14)18-13-5-7-15(23-4)8-6-13/h5-8,12H,9-11H2,1-4H3,(H,18,19). The van der Waals surface area contributed by atoms with Crippen LogP contribution in [-0.2, 0) is 11.2 Å². The minimum absolute atomic E-state index is 0.0816. The summed E-state index contributed by atoms with van der Waals surface area (Å²) in [5.41, 5.74) is 1.73. The van der Waals surface area contributed by atoms with Crippen molar-refractivity contribution in [1.82, 2.24) is 14.8 Å². The Hall–Kier alpha value is -2.12. The summed E-state index contributed by atoms with van der Waals surface area (Å²) in [7, 11) is 7.46. The maximum absolute atomic E-state index is 12.2. The number of carbonyl (C=O) groups is 1. The van der Waals surface area contributed by atoms with Crippen molar-refractivity contribution in [2.75, 3.05) is 46.7 Å². The predicted octanol–water partition coefficient (Wildman–Crippen LogP) is 2.46. The number of rotatable bonds is 8. The van der Waals surface area contributed by atoms with Crippen LogP contribution < -0.4 is 10.1 Å². The molecule has 6 nitrogen and oxygen atoms in total. The molecule has 0 atom stereocenters. The van der Waals surface area contributed by atoms with Gasteiger partial charge in [0, 0.05) is 31.2 Å². The lowest BCUT2D eigenvalue weighted by Gasteiger charge is -2.19. The second-order valence-corrected chi connectivity index (χ2v) is 6.65. The van der Waals surface area contributed by atoms with Gasteiger partial charge in [-0.25, -0.2) is 4.98 Å². The molecule has 0 aliphatic heterocycles. The SMILES string of the molecule is COc1ccc(Nc2nc(CC(=O)N(C)CCN(C)C)cs2)cc1. The fraction of sp³-hybridized carbons (Fsp3) is 0.412. The smallest absolute Gasteiger partial charge is 0.228 e. The molecule has 1 heterocycles. The van der Waals surface area contributed by atoms with E-state index in [-0.39, 0.29) is 5.91 Å². The summed E-state index contributed by atoms with van der Waals surface area (Å²) in [6.07, 6.45) is 0.324. The van der Waals surface area contributed by atoms with Gasteiger partial charge in [0.05, 0.1) is 19.2 Å². The third-order valence-electron chi connectivity index (χ3n) is 3.53. The highest BCUT2D eigenvalue weighted by atomic mass is 32.1. The number of nitrogens with zero attached hydrogens (tertiary/aromatic N) is 3. The van der Waals surface area contributed by atoms with E-state index in [2.05, 4.69) is 15.2 Å². The van der Waals surface area contributed by atoms with E-state index in [9.17, 15) is 4.79 Å². The van der Waals surface area contributed by atoms with Crippen LogP contribution >= 0.6 is 11.3 Å². The van der Waals surface area contributed by atoms with Gasteiger partial charge in [0.1, 0.15) is 5.75 Å². The second-order valence-electron chi connectivity index (χ2n) is 5.79. The summed E-state index contributed by atoms with van der Waals surface area (Å²) in [5, 5.41) is 5.94. The lowest BCUT2D eigenvalue weighted by Crippen LogP contribution is -2.34. The first-order valence-corrected chi connectivity index (χ1v) is 8.60. The van der Waals surface area contributed by atoms with Gasteiger partial charge >= 0.3 is 0 Å². The molecule has 0 aliphatic carbocycles. The second kappa shape index (κ2) is 8.65. The Morgan fingerprint density at radius 2 is 1.92 bits per heavy atom. The predicted molar refractivity (Wildman–Crippen MR) is 98.3 cm³/mol. The number of carbonyl (C=O) groups excluding carboxylic acids is 1. The molecule has 0 fully saturated rings. The van der Waals surface area contributed by atoms with Gasteiger partial charge in [0.2, 0.25) is 5.91 Å². The van der Waals surface area contributed by atoms with Crippen molar-refractivity contribution in [2.45, 2.75) is 6.42 Å². The molecule has 0 saturated carbocycles. The maximum Gasteiger partial charge on any atom is 0.228 e. The Bertz CT molecular complexity index is 655. The first-order chi connectivity index (χ1) is 11.5. The third kappa shape index (κ3) is 5.50. The molecule has 0 spiro atoms. The first kappa shape index (κ1) is 18.2. The molecule has 0 radical (unpaired) electrons. The zero-order valence-electron chi connectivity index (χ0n) is 14.6. The minimum Gasteiger partial charge on any atom is -0.497 e. The van der Waals surface area contributed by atoms with Crippen molar-refractivity contribution >= 4 is 28.1 Å². The van der Waals surface area contributed by atoms with Crippen LogP contribution in [0.25, 0.3) is 0 Å². The van der Waals surface area contributed by atoms with Crippen molar-refractivity contribution in [3.8, 4) is 5.75 Å². The Labute approximate surface area is 147 Å². The summed E-state index contributed by atoms with van der Waals surface area (Å²) in [4.78, 5) is 20.5. The van der Waals surface area contributed by atoms with Gasteiger partial charge in [-0.05, 0) is 38.4 Å². The van der Waals surface area contributed by atoms with Gasteiger partial charge in [-0.2, -0.15) is 0 Å². The van der Waals surface area contributed by atoms with E-state index >= 15 is 0 Å². The quantitative estimate of drug-likeness (QED) is 0.794. The average Bonchev–Trinajstić information content (AvgIpc) is 3.00. The maximum atomic E-state index is 12.2. The molecule has 2 aromatic rings. The lowest BCUT2D eigenvalue weighted by molar-refractivity contribution is -0.129. The van der Waals surface area contributed by atoms with Crippen molar-refractivity contribution in [1.29, 1.82) is 0 Å². The summed E-state index contributed by atoms with van der Waals surface area (Å²) >= 11 is 1.49. The summed E-state index contributed by atoms with van der Waals surface area (Å²) in [5.74, 6) is 0.893. The number of aromatic nitrogens is 1. The molecule has 1 N–H and O–H groups in total. The summed E-state index contributed by atoms with van der Waals surface area (Å²) in [6, 6.07) is 7.64. The van der Waals surface area contributed by atoms with Crippen LogP contribution in [0.15, 0.2) is 29.6 Å². The van der Waals surface area contributed by atoms with Gasteiger partial charge in [-0.1, -0.05) is 0 Å². The van der Waals surface area contributed by atoms with Crippen molar-refractivity contribution in [3.05, 3.63) is 35.3 Å². The van der Waals surface area contributed by atoms with E-state index in [4.69, 9.17) is 4.74 Å². The number of hydrogen-bond acceptors (Lipinski definition) is 6. The number of likely N-dealkylation sites (N-methyl/N-ethyl adjacent to an activating group) is 2. The molecule has 0 saturated heterocycles. The van der Waals surface area contributed by atoms with Crippen LogP contribution in [-0.4, -0.2) is 62.0 Å². The van der Waals surface area contributed by atoms with Gasteiger partial charge < -0.3 is 19.9 Å². The summed E-state index contributed by atoms with van der Waals surface area (Å²) < 4.78 is 5.14. The molecule has 0 aliphatic rings. The Morgan fingerprint density at radius 1 is 1.21 bits per heavy atom. The largest absolute Gasteiger partial charge is 0.497 e. The van der Waals surface area contributed by atoms with Gasteiger partial charge in [-0.15, -0.1) is 11.3 Å². The minimum atomic E-state index is 0.0816. The number of ether oxygens (including phenoxy) is 1. The number of hydrogen-bond donors (Lipinski definition) is 1. The van der Waals surface area contributed by atoms with Crippen LogP contribution in [0.5, 0.6) is 5.75 Å². The number of methoxy groups -OCH3 is 1. The van der Waals surface area contributed by atoms with Crippen LogP contribution in [0.1, 0.15) is 5.69 Å². The van der Waals surface area contributed by atoms with E-state index in [1.54, 1.807) is 12.0 Å². The van der Waals surface area contributed by atoms with E-state index < -0.39 is 0 Å². The van der Waals surface area contributed by atoms with Gasteiger partial charge in [-0.3, -0.25) is 4.79 Å². The highest BCUT2D eigenvalue weighted by molar-refractivity contribution is 7.13. The Kier molecular flexibility index (Phi) is 6.57. The summed E-state index contributed by atoms with van der Waals surface area (Å²) in [6.45, 7) is 1.57. The zero-order valence-corrected chi connectivity index (χ0v) is 15.4. The van der Waals surface area contributed by atoms with Crippen LogP contribution in [0.3, 0.4) is 0 Å². The van der Waals surface area contributed by atoms with Crippen molar-refractivity contribution in [3.63, 3.8) is 0 Å². The van der Waals surface area contributed by atoms with E-state index in [1.807, 2.05) is 50.8 Å². The molecule has 2 rings (SSSR count). The van der Waals surface area contributed by atoms with Crippen LogP contribution in [0.2, 0.25) is 0 Å². The van der Waals surface area contributed by atoms with E-state index in [1.165, 1.54) is 11.3 Å². The first-order valence-electron chi connectivity index (χ1n) is 7.72. The average molecular weight is 348 g/mol. The Morgan fingerprint density at radius 3 is 2.54 bits per heavy atom. The molecule has 0 bridgehead atoms. The fourth-order valence-corrected chi connectivity index (χ4v) is 2.74. The molecule has 1 aromatic heterocycles. The van der Waals surface area contributed by atoms with Crippen LogP contribution in [0.4, 0.5) is 10.8 Å². The molecule has 1 aromatic carbocycles. The monoisotopic (exact) mass is 348 g/mol. The topological polar surface area (TPSA) is 57.7 Å². The van der Waals surface area contributed by atoms with Crippen molar-refractivity contribution < 1.29 is 9.53 Å². The van der Waals surface area contributed by atoms with Crippen molar-refractivity contribution in [2.24, 2.45) is 0 Å². The fourth-order valence-electron chi connectivity index (χ4n) is 2.01. The highest BCUT2D eigenvalue weighted by Crippen LogP contribution is 2.23. The van der Waals surface area contributed by atoms with Gasteiger partial charge in [0.25, 0.3) is 0 Å². The number of benzene rings is 1. The van der Waals surface area contributed by atoms with E-state index in [0.29, 0.717) is 13.0 Å². The van der Waals surface area contributed by atoms with Crippen LogP contribution in [0, 0.1) is 0 Å². The molecule has 24 heavy (non-hydrogen) atoms. The van der Waals surface area contributed by atoms with Gasteiger partial charge in [0.15, 0.2) is 5.13 Å². The zero-order chi connectivity index (χ0) is 17.5. The number of thiazole rings is 1. The molecule has 7 heteroatoms. The molecular weight excluding hydrogens is 324 g/mol. The Balaban J connectivity index is 1.89. The number of anilines is 2. The third-order valence-corrected chi connectivity index (χ3v) is 4.34. The molecule has 130 valence electrons. The number of nitrogens with one attached hydrogen (secondary N) is 1. The normalized spacial score (nSPS) is 10.7. The van der Waals surface area contributed by atoms with E-state index in [0.717, 1.165) is 28.8 Å². The highest BCUT2D eigenvalue weighted by Gasteiger charge is 2.12. The molecule has 1 amide bonds. The molecule has 0 unspecified atom stereocenters. The lowest BCUT2D eigenvalue weighted by atomic mass is 10.3. The molecular formula is C17H24N4O2S. The number of amides is 1.